The topological polar surface area (TPSA) is 15.3 Å². The summed E-state index contributed by atoms with van der Waals surface area (Å²) >= 11 is 0. The van der Waals surface area contributed by atoms with Crippen LogP contribution in [0.5, 0.6) is 0 Å². The normalized spacial score (nSPS) is 12.4. The van der Waals surface area contributed by atoms with Crippen molar-refractivity contribution in [2.75, 3.05) is 25.5 Å². The molecule has 1 aromatic carbocycles. The lowest BCUT2D eigenvalue weighted by Gasteiger charge is -2.21. The van der Waals surface area contributed by atoms with Crippen LogP contribution >= 0.6 is 0 Å². The molecule has 2 nitrogen and oxygen atoms in total. The highest BCUT2D eigenvalue weighted by atomic mass is 15.1. The van der Waals surface area contributed by atoms with Crippen molar-refractivity contribution < 1.29 is 0 Å². The minimum absolute atomic E-state index is 0.504. The van der Waals surface area contributed by atoms with Gasteiger partial charge in [0.15, 0.2) is 0 Å². The molecule has 1 unspecified atom stereocenters. The highest BCUT2D eigenvalue weighted by molar-refractivity contribution is 5.47. The Bertz CT molecular complexity index is 326. The van der Waals surface area contributed by atoms with Gasteiger partial charge >= 0.3 is 0 Å². The van der Waals surface area contributed by atoms with E-state index >= 15 is 0 Å². The van der Waals surface area contributed by atoms with Gasteiger partial charge in [-0.2, -0.15) is 0 Å². The van der Waals surface area contributed by atoms with Crippen LogP contribution in [0, 0.1) is 0 Å². The van der Waals surface area contributed by atoms with Gasteiger partial charge in [-0.15, -0.1) is 0 Å². The third-order valence-corrected chi connectivity index (χ3v) is 3.28. The van der Waals surface area contributed by atoms with Crippen molar-refractivity contribution in [2.45, 2.75) is 45.6 Å². The summed E-state index contributed by atoms with van der Waals surface area (Å²) in [7, 11) is 4.19. The molecule has 0 aliphatic heterocycles. The van der Waals surface area contributed by atoms with Gasteiger partial charge in [0.1, 0.15) is 0 Å². The van der Waals surface area contributed by atoms with Gasteiger partial charge in [-0.25, -0.2) is 0 Å². The molecule has 0 aliphatic carbocycles. The van der Waals surface area contributed by atoms with Gasteiger partial charge in [-0.1, -0.05) is 38.8 Å². The SMILES string of the molecule is CCCCC(NCCC)c1cccc(N(C)C)c1. The summed E-state index contributed by atoms with van der Waals surface area (Å²) in [6, 6.07) is 9.39. The Balaban J connectivity index is 2.78. The molecule has 0 amide bonds. The fourth-order valence-corrected chi connectivity index (χ4v) is 2.13. The van der Waals surface area contributed by atoms with Crippen LogP contribution in [0.2, 0.25) is 0 Å². The molecule has 1 N–H and O–H groups in total. The van der Waals surface area contributed by atoms with E-state index in [1.807, 2.05) is 0 Å². The molecule has 18 heavy (non-hydrogen) atoms. The summed E-state index contributed by atoms with van der Waals surface area (Å²) < 4.78 is 0. The summed E-state index contributed by atoms with van der Waals surface area (Å²) in [5, 5.41) is 3.67. The van der Waals surface area contributed by atoms with E-state index in [-0.39, 0.29) is 0 Å². The Morgan fingerprint density at radius 1 is 1.17 bits per heavy atom. The van der Waals surface area contributed by atoms with Crippen molar-refractivity contribution >= 4 is 5.69 Å². The van der Waals surface area contributed by atoms with Crippen LogP contribution in [0.3, 0.4) is 0 Å². The van der Waals surface area contributed by atoms with E-state index in [4.69, 9.17) is 0 Å². The summed E-state index contributed by atoms with van der Waals surface area (Å²) in [6.45, 7) is 5.58. The molecule has 1 aromatic rings. The lowest BCUT2D eigenvalue weighted by atomic mass is 10.0. The molecule has 102 valence electrons. The molecule has 0 fully saturated rings. The fraction of sp³-hybridized carbons (Fsp3) is 0.625. The maximum atomic E-state index is 3.67. The van der Waals surface area contributed by atoms with Crippen molar-refractivity contribution in [3.63, 3.8) is 0 Å². The summed E-state index contributed by atoms with van der Waals surface area (Å²) in [5.41, 5.74) is 2.70. The number of hydrogen-bond donors (Lipinski definition) is 1. The van der Waals surface area contributed by atoms with Crippen LogP contribution in [0.4, 0.5) is 5.69 Å². The number of nitrogens with zero attached hydrogens (tertiary/aromatic N) is 1. The van der Waals surface area contributed by atoms with Crippen LogP contribution < -0.4 is 10.2 Å². The van der Waals surface area contributed by atoms with Gasteiger partial charge in [0.25, 0.3) is 0 Å². The van der Waals surface area contributed by atoms with E-state index < -0.39 is 0 Å². The molecular weight excluding hydrogens is 220 g/mol. The van der Waals surface area contributed by atoms with Crippen LogP contribution in [-0.2, 0) is 0 Å². The van der Waals surface area contributed by atoms with E-state index in [2.05, 4.69) is 62.4 Å². The minimum atomic E-state index is 0.504. The van der Waals surface area contributed by atoms with Crippen molar-refractivity contribution in [3.05, 3.63) is 29.8 Å². The largest absolute Gasteiger partial charge is 0.378 e. The molecule has 0 bridgehead atoms. The van der Waals surface area contributed by atoms with Crippen LogP contribution in [0.25, 0.3) is 0 Å². The van der Waals surface area contributed by atoms with Crippen LogP contribution in [0.1, 0.15) is 51.1 Å². The first kappa shape index (κ1) is 15.0. The van der Waals surface area contributed by atoms with Crippen molar-refractivity contribution in [1.82, 2.24) is 5.32 Å². The third-order valence-electron chi connectivity index (χ3n) is 3.28. The molecule has 0 heterocycles. The molecule has 0 saturated heterocycles. The van der Waals surface area contributed by atoms with Crippen molar-refractivity contribution in [2.24, 2.45) is 0 Å². The Morgan fingerprint density at radius 3 is 2.56 bits per heavy atom. The molecule has 1 atom stereocenters. The zero-order chi connectivity index (χ0) is 13.4. The average Bonchev–Trinajstić information content (AvgIpc) is 2.39. The second kappa shape index (κ2) is 8.15. The predicted molar refractivity (Wildman–Crippen MR) is 81.3 cm³/mol. The van der Waals surface area contributed by atoms with Gasteiger partial charge in [0, 0.05) is 25.8 Å². The summed E-state index contributed by atoms with van der Waals surface area (Å²) in [4.78, 5) is 2.17. The number of rotatable bonds is 8. The molecule has 0 radical (unpaired) electrons. The first-order valence-electron chi connectivity index (χ1n) is 7.19. The highest BCUT2D eigenvalue weighted by Crippen LogP contribution is 2.23. The molecule has 2 heteroatoms. The Labute approximate surface area is 112 Å². The van der Waals surface area contributed by atoms with Crippen molar-refractivity contribution in [3.8, 4) is 0 Å². The lowest BCUT2D eigenvalue weighted by Crippen LogP contribution is -2.22. The standard InChI is InChI=1S/C16H28N2/c1-5-7-11-16(17-12-6-2)14-9-8-10-15(13-14)18(3)4/h8-10,13,16-17H,5-7,11-12H2,1-4H3. The molecular formula is C16H28N2. The predicted octanol–water partition coefficient (Wildman–Crippen LogP) is 3.98. The molecule has 0 spiro atoms. The van der Waals surface area contributed by atoms with Gasteiger partial charge in [-0.3, -0.25) is 0 Å². The maximum Gasteiger partial charge on any atom is 0.0364 e. The molecule has 0 aliphatic rings. The average molecular weight is 248 g/mol. The van der Waals surface area contributed by atoms with Gasteiger partial charge < -0.3 is 10.2 Å². The van der Waals surface area contributed by atoms with Crippen LogP contribution in [-0.4, -0.2) is 20.6 Å². The third kappa shape index (κ3) is 4.69. The first-order valence-corrected chi connectivity index (χ1v) is 7.19. The number of benzene rings is 1. The van der Waals surface area contributed by atoms with Crippen molar-refractivity contribution in [1.29, 1.82) is 0 Å². The smallest absolute Gasteiger partial charge is 0.0364 e. The van der Waals surface area contributed by atoms with E-state index in [1.165, 1.54) is 36.9 Å². The van der Waals surface area contributed by atoms with Gasteiger partial charge in [0.2, 0.25) is 0 Å². The molecule has 0 saturated carbocycles. The first-order chi connectivity index (χ1) is 8.69. The fourth-order valence-electron chi connectivity index (χ4n) is 2.13. The monoisotopic (exact) mass is 248 g/mol. The highest BCUT2D eigenvalue weighted by Gasteiger charge is 2.10. The lowest BCUT2D eigenvalue weighted by molar-refractivity contribution is 0.481. The Kier molecular flexibility index (Phi) is 6.81. The molecule has 0 aromatic heterocycles. The quantitative estimate of drug-likeness (QED) is 0.748. The Hall–Kier alpha value is -1.02. The second-order valence-corrected chi connectivity index (χ2v) is 5.14. The Morgan fingerprint density at radius 2 is 1.94 bits per heavy atom. The summed E-state index contributed by atoms with van der Waals surface area (Å²) in [5.74, 6) is 0. The maximum absolute atomic E-state index is 3.67. The van der Waals surface area contributed by atoms with Crippen LogP contribution in [0.15, 0.2) is 24.3 Å². The zero-order valence-corrected chi connectivity index (χ0v) is 12.4. The minimum Gasteiger partial charge on any atom is -0.378 e. The zero-order valence-electron chi connectivity index (χ0n) is 12.4. The number of anilines is 1. The van der Waals surface area contributed by atoms with E-state index in [0.29, 0.717) is 6.04 Å². The van der Waals surface area contributed by atoms with Gasteiger partial charge in [-0.05, 0) is 37.1 Å². The number of nitrogens with one attached hydrogen (secondary N) is 1. The second-order valence-electron chi connectivity index (χ2n) is 5.14. The van der Waals surface area contributed by atoms with E-state index in [1.54, 1.807) is 0 Å². The van der Waals surface area contributed by atoms with E-state index in [9.17, 15) is 0 Å². The number of unbranched alkanes of at least 4 members (excludes halogenated alkanes) is 1. The summed E-state index contributed by atoms with van der Waals surface area (Å²) in [6.07, 6.45) is 4.97. The van der Waals surface area contributed by atoms with E-state index in [0.717, 1.165) is 6.54 Å². The molecule has 1 rings (SSSR count). The van der Waals surface area contributed by atoms with Gasteiger partial charge in [0.05, 0.1) is 0 Å². The number of hydrogen-bond acceptors (Lipinski definition) is 2.